The molecule has 35 heavy (non-hydrogen) atoms. The normalized spacial score (nSPS) is 11.4. The number of para-hydroxylation sites is 2. The fourth-order valence-corrected chi connectivity index (χ4v) is 3.93. The molecule has 0 aliphatic rings. The van der Waals surface area contributed by atoms with Crippen LogP contribution in [0, 0.1) is 6.92 Å². The molecule has 1 heterocycles. The molecule has 7 heteroatoms. The molecule has 0 bridgehead atoms. The Hall–Kier alpha value is -4.26. The predicted molar refractivity (Wildman–Crippen MR) is 138 cm³/mol. The van der Waals surface area contributed by atoms with Gasteiger partial charge in [-0.2, -0.15) is 9.78 Å². The van der Waals surface area contributed by atoms with Crippen molar-refractivity contribution in [3.63, 3.8) is 0 Å². The molecule has 0 saturated carbocycles. The van der Waals surface area contributed by atoms with E-state index in [0.717, 1.165) is 22.4 Å². The first kappa shape index (κ1) is 23.9. The van der Waals surface area contributed by atoms with Crippen LogP contribution < -0.4 is 15.0 Å². The summed E-state index contributed by atoms with van der Waals surface area (Å²) < 4.78 is 12.2. The molecule has 1 aromatic heterocycles. The SMILES string of the molecule is COc1cc(C)c(-c2nc3ccccc3c(=O)n2N=Cc2ccccc2OC(C)=O)cc1C(C)C. The standard InChI is InChI=1S/C28H27N3O4/c1-17(2)22-15-23(18(3)14-26(22)34-5)27-30-24-12-8-7-11-21(24)28(33)31(27)29-16-20-10-6-9-13-25(20)35-19(4)32/h6-17H,1-5H3. The number of esters is 1. The van der Waals surface area contributed by atoms with Gasteiger partial charge in [0, 0.05) is 18.1 Å². The number of carbonyl (C=O) groups excluding carboxylic acids is 1. The van der Waals surface area contributed by atoms with Crippen molar-refractivity contribution in [3.05, 3.63) is 87.7 Å². The van der Waals surface area contributed by atoms with Crippen LogP contribution in [0.4, 0.5) is 0 Å². The van der Waals surface area contributed by atoms with E-state index in [4.69, 9.17) is 14.5 Å². The second kappa shape index (κ2) is 9.93. The van der Waals surface area contributed by atoms with Gasteiger partial charge in [-0.3, -0.25) is 9.59 Å². The van der Waals surface area contributed by atoms with Crippen molar-refractivity contribution in [3.8, 4) is 22.9 Å². The van der Waals surface area contributed by atoms with E-state index in [9.17, 15) is 9.59 Å². The number of rotatable bonds is 6. The topological polar surface area (TPSA) is 82.8 Å². The van der Waals surface area contributed by atoms with E-state index in [1.807, 2.05) is 31.2 Å². The minimum absolute atomic E-state index is 0.198. The smallest absolute Gasteiger partial charge is 0.308 e. The van der Waals surface area contributed by atoms with Gasteiger partial charge in [0.15, 0.2) is 5.82 Å². The highest BCUT2D eigenvalue weighted by molar-refractivity contribution is 5.86. The van der Waals surface area contributed by atoms with Gasteiger partial charge < -0.3 is 9.47 Å². The number of hydrogen-bond acceptors (Lipinski definition) is 6. The first-order chi connectivity index (χ1) is 16.8. The lowest BCUT2D eigenvalue weighted by Crippen LogP contribution is -2.21. The predicted octanol–water partition coefficient (Wildman–Crippen LogP) is 5.31. The van der Waals surface area contributed by atoms with Crippen LogP contribution in [-0.2, 0) is 4.79 Å². The summed E-state index contributed by atoms with van der Waals surface area (Å²) in [7, 11) is 1.65. The maximum Gasteiger partial charge on any atom is 0.308 e. The molecule has 4 aromatic rings. The fraction of sp³-hybridized carbons (Fsp3) is 0.214. The van der Waals surface area contributed by atoms with Crippen molar-refractivity contribution >= 4 is 23.1 Å². The van der Waals surface area contributed by atoms with Crippen LogP contribution in [0.5, 0.6) is 11.5 Å². The maximum atomic E-state index is 13.6. The molecule has 0 fully saturated rings. The van der Waals surface area contributed by atoms with Crippen molar-refractivity contribution < 1.29 is 14.3 Å². The van der Waals surface area contributed by atoms with Gasteiger partial charge in [0.25, 0.3) is 5.56 Å². The maximum absolute atomic E-state index is 13.6. The molecule has 0 amide bonds. The first-order valence-electron chi connectivity index (χ1n) is 11.3. The first-order valence-corrected chi connectivity index (χ1v) is 11.3. The molecule has 0 saturated heterocycles. The van der Waals surface area contributed by atoms with Crippen LogP contribution in [-0.4, -0.2) is 29.0 Å². The zero-order chi connectivity index (χ0) is 25.1. The molecule has 3 aromatic carbocycles. The number of fused-ring (bicyclic) bond motifs is 1. The Bertz CT molecular complexity index is 1500. The number of aryl methyl sites for hydroxylation is 1. The molecule has 4 rings (SSSR count). The number of hydrogen-bond donors (Lipinski definition) is 0. The van der Waals surface area contributed by atoms with E-state index >= 15 is 0 Å². The molecule has 0 spiro atoms. The van der Waals surface area contributed by atoms with Gasteiger partial charge in [-0.05, 0) is 60.4 Å². The molecular weight excluding hydrogens is 442 g/mol. The number of benzene rings is 3. The highest BCUT2D eigenvalue weighted by Crippen LogP contribution is 2.34. The van der Waals surface area contributed by atoms with E-state index in [1.165, 1.54) is 17.8 Å². The van der Waals surface area contributed by atoms with Gasteiger partial charge in [-0.15, -0.1) is 0 Å². The lowest BCUT2D eigenvalue weighted by molar-refractivity contribution is -0.131. The lowest BCUT2D eigenvalue weighted by Gasteiger charge is -2.17. The quantitative estimate of drug-likeness (QED) is 0.217. The average Bonchev–Trinajstić information content (AvgIpc) is 2.83. The average molecular weight is 470 g/mol. The Labute approximate surface area is 203 Å². The Morgan fingerprint density at radius 1 is 1.06 bits per heavy atom. The minimum atomic E-state index is -0.439. The van der Waals surface area contributed by atoms with Crippen LogP contribution in [0.3, 0.4) is 0 Å². The minimum Gasteiger partial charge on any atom is -0.496 e. The second-order valence-electron chi connectivity index (χ2n) is 8.51. The van der Waals surface area contributed by atoms with Crippen LogP contribution >= 0.6 is 0 Å². The van der Waals surface area contributed by atoms with Crippen LogP contribution in [0.1, 0.15) is 43.4 Å². The molecule has 0 aliphatic heterocycles. The molecule has 0 atom stereocenters. The number of ether oxygens (including phenoxy) is 2. The van der Waals surface area contributed by atoms with Crippen LogP contribution in [0.25, 0.3) is 22.3 Å². The van der Waals surface area contributed by atoms with Gasteiger partial charge in [0.1, 0.15) is 11.5 Å². The number of methoxy groups -OCH3 is 1. The fourth-order valence-electron chi connectivity index (χ4n) is 3.93. The summed E-state index contributed by atoms with van der Waals surface area (Å²) in [6.07, 6.45) is 1.50. The van der Waals surface area contributed by atoms with Crippen molar-refractivity contribution in [2.45, 2.75) is 33.6 Å². The molecule has 178 valence electrons. The van der Waals surface area contributed by atoms with Crippen molar-refractivity contribution in [2.75, 3.05) is 7.11 Å². The third-order valence-corrected chi connectivity index (χ3v) is 5.68. The summed E-state index contributed by atoms with van der Waals surface area (Å²) >= 11 is 0. The van der Waals surface area contributed by atoms with Crippen molar-refractivity contribution in [1.82, 2.24) is 9.66 Å². The second-order valence-corrected chi connectivity index (χ2v) is 8.51. The van der Waals surface area contributed by atoms with Crippen molar-refractivity contribution in [1.29, 1.82) is 0 Å². The van der Waals surface area contributed by atoms with Crippen LogP contribution in [0.15, 0.2) is 70.6 Å². The van der Waals surface area contributed by atoms with Gasteiger partial charge in [0.2, 0.25) is 0 Å². The van der Waals surface area contributed by atoms with E-state index in [2.05, 4.69) is 18.9 Å². The Morgan fingerprint density at radius 3 is 2.49 bits per heavy atom. The number of carbonyl (C=O) groups is 1. The monoisotopic (exact) mass is 469 g/mol. The van der Waals surface area contributed by atoms with Gasteiger partial charge in [-0.25, -0.2) is 4.98 Å². The molecule has 0 unspecified atom stereocenters. The van der Waals surface area contributed by atoms with E-state index in [-0.39, 0.29) is 11.5 Å². The molecule has 0 radical (unpaired) electrons. The van der Waals surface area contributed by atoms with E-state index in [1.54, 1.807) is 43.5 Å². The molecular formula is C28H27N3O4. The zero-order valence-corrected chi connectivity index (χ0v) is 20.4. The molecule has 0 aliphatic carbocycles. The van der Waals surface area contributed by atoms with Gasteiger partial charge >= 0.3 is 5.97 Å². The summed E-state index contributed by atoms with van der Waals surface area (Å²) in [5.41, 5.74) is 3.53. The molecule has 0 N–H and O–H groups in total. The largest absolute Gasteiger partial charge is 0.496 e. The van der Waals surface area contributed by atoms with Gasteiger partial charge in [-0.1, -0.05) is 38.1 Å². The van der Waals surface area contributed by atoms with Gasteiger partial charge in [0.05, 0.1) is 24.2 Å². The Kier molecular flexibility index (Phi) is 6.78. The van der Waals surface area contributed by atoms with E-state index < -0.39 is 5.97 Å². The summed E-state index contributed by atoms with van der Waals surface area (Å²) in [4.78, 5) is 29.9. The Balaban J connectivity index is 1.97. The lowest BCUT2D eigenvalue weighted by atomic mass is 9.96. The Morgan fingerprint density at radius 2 is 1.77 bits per heavy atom. The summed E-state index contributed by atoms with van der Waals surface area (Å²) in [6.45, 7) is 7.46. The zero-order valence-electron chi connectivity index (χ0n) is 20.4. The summed E-state index contributed by atoms with van der Waals surface area (Å²) in [5.74, 6) is 1.32. The molecule has 7 nitrogen and oxygen atoms in total. The third-order valence-electron chi connectivity index (χ3n) is 5.68. The number of aromatic nitrogens is 2. The van der Waals surface area contributed by atoms with E-state index in [0.29, 0.717) is 28.0 Å². The number of nitrogens with zero attached hydrogens (tertiary/aromatic N) is 3. The highest BCUT2D eigenvalue weighted by Gasteiger charge is 2.18. The summed E-state index contributed by atoms with van der Waals surface area (Å²) in [6, 6.07) is 18.2. The van der Waals surface area contributed by atoms with Crippen LogP contribution in [0.2, 0.25) is 0 Å². The summed E-state index contributed by atoms with van der Waals surface area (Å²) in [5, 5.41) is 4.98. The highest BCUT2D eigenvalue weighted by atomic mass is 16.5. The van der Waals surface area contributed by atoms with Crippen molar-refractivity contribution in [2.24, 2.45) is 5.10 Å². The third kappa shape index (κ3) is 4.84.